The molecule has 0 aliphatic heterocycles. The number of esters is 1. The average Bonchev–Trinajstić information content (AvgIpc) is 2.38. The largest absolute Gasteiger partial charge is 0.490 e. The molecule has 4 nitrogen and oxygen atoms in total. The van der Waals surface area contributed by atoms with Crippen LogP contribution in [0, 0.1) is 6.92 Å². The first-order valence-electron chi connectivity index (χ1n) is 6.12. The van der Waals surface area contributed by atoms with E-state index in [1.807, 2.05) is 20.8 Å². The van der Waals surface area contributed by atoms with Crippen LogP contribution < -0.4 is 4.74 Å². The highest BCUT2D eigenvalue weighted by Gasteiger charge is 2.14. The number of hydrogen-bond acceptors (Lipinski definition) is 4. The zero-order valence-electron chi connectivity index (χ0n) is 11.9. The van der Waals surface area contributed by atoms with Crippen molar-refractivity contribution in [3.63, 3.8) is 0 Å². The SMILES string of the molecule is COC(=O)/C=C/C(=O)c1cc(Cl)c(C)cc1OC(C)C. The molecule has 0 spiro atoms. The molecule has 20 heavy (non-hydrogen) atoms. The summed E-state index contributed by atoms with van der Waals surface area (Å²) in [5.74, 6) is -0.516. The van der Waals surface area contributed by atoms with Gasteiger partial charge in [-0.2, -0.15) is 0 Å². The lowest BCUT2D eigenvalue weighted by Crippen LogP contribution is -2.10. The van der Waals surface area contributed by atoms with Crippen molar-refractivity contribution in [3.8, 4) is 5.75 Å². The van der Waals surface area contributed by atoms with Crippen molar-refractivity contribution in [1.29, 1.82) is 0 Å². The molecule has 5 heteroatoms. The minimum atomic E-state index is -0.595. The average molecular weight is 297 g/mol. The maximum Gasteiger partial charge on any atom is 0.330 e. The third kappa shape index (κ3) is 4.38. The van der Waals surface area contributed by atoms with Gasteiger partial charge < -0.3 is 9.47 Å². The molecule has 0 unspecified atom stereocenters. The van der Waals surface area contributed by atoms with Crippen molar-refractivity contribution in [2.45, 2.75) is 26.9 Å². The van der Waals surface area contributed by atoms with E-state index in [9.17, 15) is 9.59 Å². The van der Waals surface area contributed by atoms with Gasteiger partial charge in [-0.05, 0) is 44.5 Å². The molecule has 0 N–H and O–H groups in total. The van der Waals surface area contributed by atoms with Gasteiger partial charge in [-0.3, -0.25) is 4.79 Å². The number of ketones is 1. The predicted octanol–water partition coefficient (Wildman–Crippen LogP) is 3.35. The number of ether oxygens (including phenoxy) is 2. The van der Waals surface area contributed by atoms with Gasteiger partial charge in [0.25, 0.3) is 0 Å². The molecule has 0 saturated carbocycles. The number of halogens is 1. The van der Waals surface area contributed by atoms with Crippen LogP contribution in [-0.4, -0.2) is 25.0 Å². The number of hydrogen-bond donors (Lipinski definition) is 0. The number of benzene rings is 1. The fourth-order valence-electron chi connectivity index (χ4n) is 1.50. The van der Waals surface area contributed by atoms with E-state index in [2.05, 4.69) is 4.74 Å². The molecule has 108 valence electrons. The normalized spacial score (nSPS) is 10.9. The number of allylic oxidation sites excluding steroid dienone is 1. The first-order chi connectivity index (χ1) is 9.35. The highest BCUT2D eigenvalue weighted by molar-refractivity contribution is 6.32. The lowest BCUT2D eigenvalue weighted by Gasteiger charge is -2.14. The summed E-state index contributed by atoms with van der Waals surface area (Å²) in [5.41, 5.74) is 1.13. The van der Waals surface area contributed by atoms with Crippen molar-refractivity contribution in [2.24, 2.45) is 0 Å². The van der Waals surface area contributed by atoms with Gasteiger partial charge in [-0.25, -0.2) is 4.79 Å². The van der Waals surface area contributed by atoms with Crippen LogP contribution in [0.25, 0.3) is 0 Å². The maximum atomic E-state index is 12.1. The van der Waals surface area contributed by atoms with E-state index < -0.39 is 5.97 Å². The van der Waals surface area contributed by atoms with Crippen molar-refractivity contribution in [1.82, 2.24) is 0 Å². The molecule has 0 bridgehead atoms. The summed E-state index contributed by atoms with van der Waals surface area (Å²) >= 11 is 6.03. The van der Waals surface area contributed by atoms with Crippen molar-refractivity contribution < 1.29 is 19.1 Å². The predicted molar refractivity (Wildman–Crippen MR) is 77.4 cm³/mol. The van der Waals surface area contributed by atoms with E-state index in [1.165, 1.54) is 7.11 Å². The molecule has 1 rings (SSSR count). The summed E-state index contributed by atoms with van der Waals surface area (Å²) in [6.45, 7) is 5.55. The topological polar surface area (TPSA) is 52.6 Å². The zero-order chi connectivity index (χ0) is 15.3. The van der Waals surface area contributed by atoms with Crippen LogP contribution in [0.1, 0.15) is 29.8 Å². The Morgan fingerprint density at radius 2 is 1.90 bits per heavy atom. The number of carbonyl (C=O) groups is 2. The van der Waals surface area contributed by atoms with Crippen LogP contribution in [0.5, 0.6) is 5.75 Å². The molecule has 0 saturated heterocycles. The Morgan fingerprint density at radius 1 is 1.25 bits per heavy atom. The molecular weight excluding hydrogens is 280 g/mol. The summed E-state index contributed by atoms with van der Waals surface area (Å²) in [6, 6.07) is 3.25. The summed E-state index contributed by atoms with van der Waals surface area (Å²) < 4.78 is 10.0. The van der Waals surface area contributed by atoms with Crippen LogP contribution in [0.3, 0.4) is 0 Å². The van der Waals surface area contributed by atoms with Gasteiger partial charge in [0.1, 0.15) is 5.75 Å². The van der Waals surface area contributed by atoms with E-state index in [1.54, 1.807) is 12.1 Å². The standard InChI is InChI=1S/C15H17ClO4/c1-9(2)20-14-7-10(3)12(16)8-11(14)13(17)5-6-15(18)19-4/h5-9H,1-4H3/b6-5+. The van der Waals surface area contributed by atoms with E-state index >= 15 is 0 Å². The van der Waals surface area contributed by atoms with Crippen LogP contribution in [0.15, 0.2) is 24.3 Å². The fraction of sp³-hybridized carbons (Fsp3) is 0.333. The first-order valence-corrected chi connectivity index (χ1v) is 6.50. The zero-order valence-corrected chi connectivity index (χ0v) is 12.7. The quantitative estimate of drug-likeness (QED) is 0.475. The Labute approximate surface area is 123 Å². The second-order valence-electron chi connectivity index (χ2n) is 4.48. The van der Waals surface area contributed by atoms with Crippen LogP contribution >= 0.6 is 11.6 Å². The van der Waals surface area contributed by atoms with E-state index in [4.69, 9.17) is 16.3 Å². The summed E-state index contributed by atoms with van der Waals surface area (Å²) in [5, 5.41) is 0.468. The minimum absolute atomic E-state index is 0.0771. The molecule has 0 fully saturated rings. The van der Waals surface area contributed by atoms with Crippen molar-refractivity contribution in [2.75, 3.05) is 7.11 Å². The van der Waals surface area contributed by atoms with Crippen molar-refractivity contribution >= 4 is 23.4 Å². The molecule has 0 amide bonds. The Kier molecular flexibility index (Phi) is 5.77. The van der Waals surface area contributed by atoms with Gasteiger partial charge in [-0.1, -0.05) is 11.6 Å². The smallest absolute Gasteiger partial charge is 0.330 e. The van der Waals surface area contributed by atoms with Crippen LogP contribution in [-0.2, 0) is 9.53 Å². The van der Waals surface area contributed by atoms with Gasteiger partial charge in [0.15, 0.2) is 5.78 Å². The van der Waals surface area contributed by atoms with E-state index in [0.29, 0.717) is 16.3 Å². The second kappa shape index (κ2) is 7.10. The first kappa shape index (κ1) is 16.2. The number of aryl methyl sites for hydroxylation is 1. The number of rotatable bonds is 5. The molecule has 0 aliphatic carbocycles. The fourth-order valence-corrected chi connectivity index (χ4v) is 1.66. The van der Waals surface area contributed by atoms with Gasteiger partial charge in [0, 0.05) is 11.1 Å². The van der Waals surface area contributed by atoms with E-state index in [-0.39, 0.29) is 11.9 Å². The highest BCUT2D eigenvalue weighted by Crippen LogP contribution is 2.28. The molecule has 0 atom stereocenters. The monoisotopic (exact) mass is 296 g/mol. The Hall–Kier alpha value is -1.81. The van der Waals surface area contributed by atoms with Crippen molar-refractivity contribution in [3.05, 3.63) is 40.4 Å². The van der Waals surface area contributed by atoms with Gasteiger partial charge in [0.2, 0.25) is 0 Å². The molecule has 0 aromatic heterocycles. The third-order valence-corrected chi connectivity index (χ3v) is 2.87. The highest BCUT2D eigenvalue weighted by atomic mass is 35.5. The molecule has 1 aromatic carbocycles. The number of carbonyl (C=O) groups excluding carboxylic acids is 2. The molecule has 0 radical (unpaired) electrons. The third-order valence-electron chi connectivity index (χ3n) is 2.46. The molecule has 0 heterocycles. The summed E-state index contributed by atoms with van der Waals surface area (Å²) in [4.78, 5) is 23.1. The van der Waals surface area contributed by atoms with Gasteiger partial charge in [0.05, 0.1) is 18.8 Å². The van der Waals surface area contributed by atoms with E-state index in [0.717, 1.165) is 17.7 Å². The lowest BCUT2D eigenvalue weighted by molar-refractivity contribution is -0.134. The lowest BCUT2D eigenvalue weighted by atomic mass is 10.1. The number of methoxy groups -OCH3 is 1. The summed E-state index contributed by atoms with van der Waals surface area (Å²) in [6.07, 6.45) is 2.13. The summed E-state index contributed by atoms with van der Waals surface area (Å²) in [7, 11) is 1.24. The minimum Gasteiger partial charge on any atom is -0.490 e. The Morgan fingerprint density at radius 3 is 2.45 bits per heavy atom. The van der Waals surface area contributed by atoms with Gasteiger partial charge in [-0.15, -0.1) is 0 Å². The maximum absolute atomic E-state index is 12.1. The Bertz CT molecular complexity index is 547. The van der Waals surface area contributed by atoms with Crippen LogP contribution in [0.4, 0.5) is 0 Å². The molecular formula is C15H17ClO4. The molecule has 1 aromatic rings. The second-order valence-corrected chi connectivity index (χ2v) is 4.89. The van der Waals surface area contributed by atoms with Crippen LogP contribution in [0.2, 0.25) is 5.02 Å². The molecule has 0 aliphatic rings. The van der Waals surface area contributed by atoms with Gasteiger partial charge >= 0.3 is 5.97 Å². The Balaban J connectivity index is 3.14.